The number of rotatable bonds is 12. The van der Waals surface area contributed by atoms with Crippen LogP contribution in [0.25, 0.3) is 11.4 Å². The predicted molar refractivity (Wildman–Crippen MR) is 158 cm³/mol. The lowest BCUT2D eigenvalue weighted by Gasteiger charge is -2.33. The van der Waals surface area contributed by atoms with Gasteiger partial charge in [-0.05, 0) is 55.3 Å². The highest BCUT2D eigenvalue weighted by molar-refractivity contribution is 5.60. The maximum atomic E-state index is 5.08. The number of fused-ring (bicyclic) bond motifs is 1. The van der Waals surface area contributed by atoms with Crippen LogP contribution in [0.2, 0.25) is 0 Å². The fourth-order valence-corrected chi connectivity index (χ4v) is 4.54. The van der Waals surface area contributed by atoms with Crippen molar-refractivity contribution in [2.24, 2.45) is 0 Å². The second kappa shape index (κ2) is 14.5. The molecule has 1 aromatic heterocycles. The van der Waals surface area contributed by atoms with Crippen molar-refractivity contribution in [3.8, 4) is 11.4 Å². The average Bonchev–Trinajstić information content (AvgIpc) is 3.55. The van der Waals surface area contributed by atoms with Crippen LogP contribution in [0.4, 0.5) is 5.69 Å². The maximum absolute atomic E-state index is 5.08. The quantitative estimate of drug-likeness (QED) is 0.263. The topological polar surface area (TPSA) is 69.5 Å². The summed E-state index contributed by atoms with van der Waals surface area (Å²) in [4.78, 5) is 8.91. The molecule has 0 bridgehead atoms. The first-order valence-electron chi connectivity index (χ1n) is 13.4. The van der Waals surface area contributed by atoms with E-state index in [-0.39, 0.29) is 0 Å². The zero-order valence-corrected chi connectivity index (χ0v) is 23.7. The molecule has 2 aromatic carbocycles. The first kappa shape index (κ1) is 29.1. The average molecular weight is 517 g/mol. The Morgan fingerprint density at radius 1 is 1.11 bits per heavy atom. The van der Waals surface area contributed by atoms with Gasteiger partial charge in [-0.3, -0.25) is 0 Å². The number of hydrogen-bond acceptors (Lipinski definition) is 7. The molecule has 7 heteroatoms. The molecule has 204 valence electrons. The van der Waals surface area contributed by atoms with Crippen molar-refractivity contribution in [2.45, 2.75) is 45.7 Å². The molecule has 0 saturated heterocycles. The minimum atomic E-state index is 0.462. The predicted octanol–water partition coefficient (Wildman–Crippen LogP) is 4.85. The first-order chi connectivity index (χ1) is 18.3. The van der Waals surface area contributed by atoms with E-state index < -0.39 is 0 Å². The molecule has 3 aromatic rings. The van der Waals surface area contributed by atoms with Crippen molar-refractivity contribution in [1.82, 2.24) is 25.7 Å². The van der Waals surface area contributed by atoms with E-state index in [1.165, 1.54) is 11.1 Å². The van der Waals surface area contributed by atoms with Crippen LogP contribution in [0.1, 0.15) is 30.9 Å². The molecule has 0 saturated carbocycles. The van der Waals surface area contributed by atoms with E-state index in [0.29, 0.717) is 23.8 Å². The Bertz CT molecular complexity index is 1130. The molecule has 1 aliphatic carbocycles. The van der Waals surface area contributed by atoms with Crippen LogP contribution < -0.4 is 15.5 Å². The minimum absolute atomic E-state index is 0.462. The standard InChI is InChI=1S/C25H28N4O.C6H16N2/c1-5-14-29(23-12-10-20(11-13-23)25-26-19(3)30-27-25)17-18(2)28(4)24-15-21-8-6-7-9-22(21)16-24;1-6(2)8-5-4-7-3/h5-13,24H,1-2,14-17H2,3-4H3;6-8H,4-5H2,1-3H3. The second-order valence-electron chi connectivity index (χ2n) is 10.1. The molecule has 4 rings (SSSR count). The first-order valence-corrected chi connectivity index (χ1v) is 13.4. The van der Waals surface area contributed by atoms with Gasteiger partial charge < -0.3 is 25.0 Å². The molecule has 0 unspecified atom stereocenters. The van der Waals surface area contributed by atoms with Crippen molar-refractivity contribution in [2.75, 3.05) is 45.2 Å². The molecular weight excluding hydrogens is 472 g/mol. The van der Waals surface area contributed by atoms with Gasteiger partial charge in [-0.1, -0.05) is 55.9 Å². The number of nitrogens with zero attached hydrogens (tertiary/aromatic N) is 4. The number of nitrogens with one attached hydrogen (secondary N) is 2. The molecular formula is C31H44N6O. The molecule has 38 heavy (non-hydrogen) atoms. The van der Waals surface area contributed by atoms with Crippen LogP contribution in [-0.2, 0) is 12.8 Å². The van der Waals surface area contributed by atoms with E-state index in [0.717, 1.165) is 56.0 Å². The molecule has 0 amide bonds. The van der Waals surface area contributed by atoms with Gasteiger partial charge in [-0.15, -0.1) is 6.58 Å². The Morgan fingerprint density at radius 2 is 1.76 bits per heavy atom. The molecule has 2 N–H and O–H groups in total. The van der Waals surface area contributed by atoms with E-state index in [1.807, 2.05) is 25.3 Å². The molecule has 0 fully saturated rings. The monoisotopic (exact) mass is 516 g/mol. The zero-order chi connectivity index (χ0) is 27.5. The third-order valence-electron chi connectivity index (χ3n) is 6.74. The highest BCUT2D eigenvalue weighted by Crippen LogP contribution is 2.27. The minimum Gasteiger partial charge on any atom is -0.373 e. The van der Waals surface area contributed by atoms with Gasteiger partial charge in [-0.2, -0.15) is 4.98 Å². The summed E-state index contributed by atoms with van der Waals surface area (Å²) in [5.74, 6) is 1.18. The third kappa shape index (κ3) is 8.30. The van der Waals surface area contributed by atoms with Crippen molar-refractivity contribution in [1.29, 1.82) is 0 Å². The third-order valence-corrected chi connectivity index (χ3v) is 6.74. The van der Waals surface area contributed by atoms with Gasteiger partial charge in [0.1, 0.15) is 0 Å². The number of hydrogen-bond donors (Lipinski definition) is 2. The number of benzene rings is 2. The summed E-state index contributed by atoms with van der Waals surface area (Å²) in [5.41, 5.74) is 6.07. The van der Waals surface area contributed by atoms with Crippen molar-refractivity contribution < 1.29 is 4.52 Å². The smallest absolute Gasteiger partial charge is 0.223 e. The highest BCUT2D eigenvalue weighted by atomic mass is 16.5. The Labute approximate surface area is 228 Å². The van der Waals surface area contributed by atoms with E-state index in [4.69, 9.17) is 4.52 Å². The molecule has 1 heterocycles. The summed E-state index contributed by atoms with van der Waals surface area (Å²) in [6.45, 7) is 18.0. The lowest BCUT2D eigenvalue weighted by molar-refractivity contribution is 0.309. The second-order valence-corrected chi connectivity index (χ2v) is 10.1. The van der Waals surface area contributed by atoms with E-state index in [1.54, 1.807) is 6.92 Å². The van der Waals surface area contributed by atoms with E-state index in [2.05, 4.69) is 101 Å². The molecule has 0 spiro atoms. The number of likely N-dealkylation sites (N-methyl/N-ethyl adjacent to an activating group) is 2. The van der Waals surface area contributed by atoms with Crippen LogP contribution in [0.3, 0.4) is 0 Å². The zero-order valence-electron chi connectivity index (χ0n) is 23.7. The van der Waals surface area contributed by atoms with Crippen LogP contribution in [0, 0.1) is 6.92 Å². The summed E-state index contributed by atoms with van der Waals surface area (Å²) < 4.78 is 5.08. The number of aryl methyl sites for hydroxylation is 1. The summed E-state index contributed by atoms with van der Waals surface area (Å²) in [6.07, 6.45) is 4.08. The van der Waals surface area contributed by atoms with Crippen LogP contribution in [-0.4, -0.2) is 67.4 Å². The Morgan fingerprint density at radius 3 is 2.29 bits per heavy atom. The van der Waals surface area contributed by atoms with Gasteiger partial charge in [0.15, 0.2) is 0 Å². The number of aromatic nitrogens is 2. The Hall–Kier alpha value is -3.42. The molecule has 1 aliphatic rings. The maximum Gasteiger partial charge on any atom is 0.223 e. The molecule has 0 aliphatic heterocycles. The Kier molecular flexibility index (Phi) is 11.1. The fourth-order valence-electron chi connectivity index (χ4n) is 4.54. The van der Waals surface area contributed by atoms with Gasteiger partial charge >= 0.3 is 0 Å². The van der Waals surface area contributed by atoms with Crippen LogP contribution in [0.15, 0.2) is 78.0 Å². The SMILES string of the molecule is C=CCN(CC(=C)N(C)C1Cc2ccccc2C1)c1ccc(-c2noc(C)n2)cc1.CNCCNC(C)C. The summed E-state index contributed by atoms with van der Waals surface area (Å²) in [7, 11) is 4.12. The molecule has 7 nitrogen and oxygen atoms in total. The van der Waals surface area contributed by atoms with Crippen molar-refractivity contribution in [3.63, 3.8) is 0 Å². The van der Waals surface area contributed by atoms with Crippen LogP contribution >= 0.6 is 0 Å². The normalized spacial score (nSPS) is 12.6. The number of anilines is 1. The molecule has 0 radical (unpaired) electrons. The van der Waals surface area contributed by atoms with Gasteiger partial charge in [-0.25, -0.2) is 0 Å². The molecule has 0 atom stereocenters. The highest BCUT2D eigenvalue weighted by Gasteiger charge is 2.25. The van der Waals surface area contributed by atoms with Gasteiger partial charge in [0.05, 0.1) is 6.54 Å². The lowest BCUT2D eigenvalue weighted by Crippen LogP contribution is -2.37. The van der Waals surface area contributed by atoms with Crippen molar-refractivity contribution >= 4 is 5.69 Å². The van der Waals surface area contributed by atoms with Gasteiger partial charge in [0.25, 0.3) is 0 Å². The van der Waals surface area contributed by atoms with Crippen molar-refractivity contribution in [3.05, 3.63) is 90.5 Å². The van der Waals surface area contributed by atoms with Gasteiger partial charge in [0.2, 0.25) is 11.7 Å². The largest absolute Gasteiger partial charge is 0.373 e. The fraction of sp³-hybridized carbons (Fsp3) is 0.419. The van der Waals surface area contributed by atoms with Gasteiger partial charge in [0, 0.05) is 62.6 Å². The lowest BCUT2D eigenvalue weighted by atomic mass is 10.1. The van der Waals surface area contributed by atoms with Crippen LogP contribution in [0.5, 0.6) is 0 Å². The summed E-state index contributed by atoms with van der Waals surface area (Å²) in [5, 5.41) is 10.3. The van der Waals surface area contributed by atoms with E-state index in [9.17, 15) is 0 Å². The summed E-state index contributed by atoms with van der Waals surface area (Å²) >= 11 is 0. The Balaban J connectivity index is 0.000000436. The summed E-state index contributed by atoms with van der Waals surface area (Å²) in [6, 6.07) is 18.0. The van der Waals surface area contributed by atoms with E-state index >= 15 is 0 Å².